The van der Waals surface area contributed by atoms with E-state index in [0.29, 0.717) is 30.7 Å². The summed E-state index contributed by atoms with van der Waals surface area (Å²) in [6, 6.07) is 8.87. The predicted molar refractivity (Wildman–Crippen MR) is 102 cm³/mol. The third-order valence-corrected chi connectivity index (χ3v) is 6.08. The first-order valence-corrected chi connectivity index (χ1v) is 9.44. The Hall–Kier alpha value is -2.93. The molecule has 1 aromatic carbocycles. The number of carboxylic acids is 1. The number of H-pyrrole nitrogens is 1. The number of fused-ring (bicyclic) bond motifs is 5. The lowest BCUT2D eigenvalue weighted by atomic mass is 9.82. The van der Waals surface area contributed by atoms with Crippen molar-refractivity contribution in [1.29, 1.82) is 0 Å². The number of nitrogens with one attached hydrogen (secondary N) is 1. The highest BCUT2D eigenvalue weighted by Crippen LogP contribution is 2.39. The number of hydrogen-bond acceptors (Lipinski definition) is 3. The zero-order valence-electron chi connectivity index (χ0n) is 15.1. The summed E-state index contributed by atoms with van der Waals surface area (Å²) in [6.45, 7) is 1.81. The first-order valence-electron chi connectivity index (χ1n) is 9.44. The second-order valence-electron chi connectivity index (χ2n) is 7.83. The van der Waals surface area contributed by atoms with E-state index in [1.807, 2.05) is 15.5 Å². The molecule has 7 heteroatoms. The van der Waals surface area contributed by atoms with Crippen LogP contribution in [0.4, 0.5) is 4.39 Å². The summed E-state index contributed by atoms with van der Waals surface area (Å²) < 4.78 is 15.3. The molecule has 1 saturated heterocycles. The van der Waals surface area contributed by atoms with Gasteiger partial charge in [-0.1, -0.05) is 6.07 Å². The summed E-state index contributed by atoms with van der Waals surface area (Å²) in [5, 5.41) is 10.8. The molecule has 0 aliphatic carbocycles. The Morgan fingerprint density at radius 2 is 2.07 bits per heavy atom. The van der Waals surface area contributed by atoms with E-state index in [9.17, 15) is 19.1 Å². The third kappa shape index (κ3) is 2.65. The second kappa shape index (κ2) is 6.31. The molecule has 0 amide bonds. The molecule has 28 heavy (non-hydrogen) atoms. The largest absolute Gasteiger partial charge is 0.480 e. The third-order valence-electron chi connectivity index (χ3n) is 6.08. The van der Waals surface area contributed by atoms with Crippen LogP contribution in [0.25, 0.3) is 10.9 Å². The topological polar surface area (TPSA) is 78.3 Å². The zero-order valence-corrected chi connectivity index (χ0v) is 15.1. The van der Waals surface area contributed by atoms with Crippen LogP contribution in [0.3, 0.4) is 0 Å². The van der Waals surface area contributed by atoms with Gasteiger partial charge in [0.2, 0.25) is 0 Å². The average molecular weight is 381 g/mol. The number of aromatic amines is 1. The van der Waals surface area contributed by atoms with E-state index in [-0.39, 0.29) is 23.2 Å². The Bertz CT molecular complexity index is 1140. The van der Waals surface area contributed by atoms with Crippen molar-refractivity contribution >= 4 is 16.9 Å². The van der Waals surface area contributed by atoms with Gasteiger partial charge in [0.25, 0.3) is 5.56 Å². The van der Waals surface area contributed by atoms with Crippen LogP contribution in [-0.4, -0.2) is 38.6 Å². The van der Waals surface area contributed by atoms with Gasteiger partial charge < -0.3 is 14.7 Å². The molecule has 144 valence electrons. The van der Waals surface area contributed by atoms with Crippen molar-refractivity contribution < 1.29 is 14.3 Å². The maximum Gasteiger partial charge on any atom is 0.325 e. The van der Waals surface area contributed by atoms with E-state index in [0.717, 1.165) is 17.5 Å². The van der Waals surface area contributed by atoms with Crippen LogP contribution in [0, 0.1) is 11.7 Å². The van der Waals surface area contributed by atoms with Crippen molar-refractivity contribution in [3.8, 4) is 0 Å². The van der Waals surface area contributed by atoms with Gasteiger partial charge in [0.05, 0.1) is 0 Å². The second-order valence-corrected chi connectivity index (χ2v) is 7.83. The van der Waals surface area contributed by atoms with Crippen LogP contribution in [0.5, 0.6) is 0 Å². The number of likely N-dealkylation sites (tertiary alicyclic amines) is 1. The molecular formula is C21H20FN3O3. The van der Waals surface area contributed by atoms with E-state index in [2.05, 4.69) is 4.98 Å². The zero-order chi connectivity index (χ0) is 19.4. The molecule has 5 rings (SSSR count). The van der Waals surface area contributed by atoms with E-state index >= 15 is 0 Å². The lowest BCUT2D eigenvalue weighted by Gasteiger charge is -2.44. The standard InChI is InChI=1S/C21H20FN3O3/c22-14-4-5-15-16(8-23-17(15)7-14)20(21(27)28)24-9-12-6-13(11-24)18-2-1-3-19(26)25(18)10-12/h1-5,7-8,12-13,20,23H,6,9-11H2,(H,27,28). The Kier molecular flexibility index (Phi) is 3.87. The molecule has 2 N–H and O–H groups in total. The fourth-order valence-electron chi connectivity index (χ4n) is 4.98. The maximum absolute atomic E-state index is 13.5. The normalized spacial score (nSPS) is 22.8. The summed E-state index contributed by atoms with van der Waals surface area (Å²) in [5.41, 5.74) is 2.23. The fraction of sp³-hybridized carbons (Fsp3) is 0.333. The van der Waals surface area contributed by atoms with Crippen LogP contribution in [-0.2, 0) is 11.3 Å². The SMILES string of the molecule is O=C(O)C(c1c[nH]c2cc(F)ccc12)N1CC2CC(C1)c1cccc(=O)n1C2. The number of aliphatic carboxylic acids is 1. The van der Waals surface area contributed by atoms with E-state index < -0.39 is 12.0 Å². The lowest BCUT2D eigenvalue weighted by Crippen LogP contribution is -2.49. The molecular weight excluding hydrogens is 361 g/mol. The first-order chi connectivity index (χ1) is 13.5. The summed E-state index contributed by atoms with van der Waals surface area (Å²) in [4.78, 5) is 29.4. The van der Waals surface area contributed by atoms with Crippen molar-refractivity contribution in [3.05, 3.63) is 70.0 Å². The molecule has 0 radical (unpaired) electrons. The predicted octanol–water partition coefficient (Wildman–Crippen LogP) is 2.71. The maximum atomic E-state index is 13.5. The monoisotopic (exact) mass is 381 g/mol. The number of pyridine rings is 1. The highest BCUT2D eigenvalue weighted by molar-refractivity contribution is 5.89. The Labute approximate surface area is 160 Å². The summed E-state index contributed by atoms with van der Waals surface area (Å²) in [6.07, 6.45) is 2.64. The minimum atomic E-state index is -0.921. The summed E-state index contributed by atoms with van der Waals surface area (Å²) in [7, 11) is 0. The summed E-state index contributed by atoms with van der Waals surface area (Å²) >= 11 is 0. The molecule has 3 unspecified atom stereocenters. The van der Waals surface area contributed by atoms with Crippen molar-refractivity contribution in [2.75, 3.05) is 13.1 Å². The molecule has 6 nitrogen and oxygen atoms in total. The number of hydrogen-bond donors (Lipinski definition) is 2. The smallest absolute Gasteiger partial charge is 0.325 e. The number of rotatable bonds is 3. The average Bonchev–Trinajstić information content (AvgIpc) is 3.05. The van der Waals surface area contributed by atoms with Crippen LogP contribution < -0.4 is 5.56 Å². The fourth-order valence-corrected chi connectivity index (χ4v) is 4.98. The quantitative estimate of drug-likeness (QED) is 0.731. The van der Waals surface area contributed by atoms with E-state index in [1.165, 1.54) is 12.1 Å². The lowest BCUT2D eigenvalue weighted by molar-refractivity contribution is -0.144. The molecule has 3 aromatic rings. The van der Waals surface area contributed by atoms with Crippen LogP contribution >= 0.6 is 0 Å². The van der Waals surface area contributed by atoms with Crippen molar-refractivity contribution in [2.45, 2.75) is 24.9 Å². The van der Waals surface area contributed by atoms with Crippen molar-refractivity contribution in [3.63, 3.8) is 0 Å². The minimum absolute atomic E-state index is 0.00842. The Balaban J connectivity index is 1.54. The molecule has 1 fully saturated rings. The molecule has 4 heterocycles. The Morgan fingerprint density at radius 1 is 1.21 bits per heavy atom. The summed E-state index contributed by atoms with van der Waals surface area (Å²) in [5.74, 6) is -0.917. The van der Waals surface area contributed by atoms with Gasteiger partial charge in [-0.15, -0.1) is 0 Å². The highest BCUT2D eigenvalue weighted by atomic mass is 19.1. The van der Waals surface area contributed by atoms with Crippen molar-refractivity contribution in [1.82, 2.24) is 14.5 Å². The molecule has 2 aliphatic heterocycles. The van der Waals surface area contributed by atoms with Crippen LogP contribution in [0.15, 0.2) is 47.4 Å². The van der Waals surface area contributed by atoms with E-state index in [4.69, 9.17) is 0 Å². The number of carbonyl (C=O) groups is 1. The van der Waals surface area contributed by atoms with E-state index in [1.54, 1.807) is 24.4 Å². The number of piperidine rings is 1. The molecule has 2 aliphatic rings. The first kappa shape index (κ1) is 17.2. The number of halogens is 1. The van der Waals surface area contributed by atoms with Crippen LogP contribution in [0.2, 0.25) is 0 Å². The molecule has 3 atom stereocenters. The Morgan fingerprint density at radius 3 is 2.89 bits per heavy atom. The number of aromatic nitrogens is 2. The number of benzene rings is 1. The van der Waals surface area contributed by atoms with Gasteiger partial charge in [-0.05, 0) is 36.6 Å². The minimum Gasteiger partial charge on any atom is -0.480 e. The van der Waals surface area contributed by atoms with Gasteiger partial charge in [-0.2, -0.15) is 0 Å². The number of carboxylic acid groups (broad SMARTS) is 1. The van der Waals surface area contributed by atoms with Gasteiger partial charge >= 0.3 is 5.97 Å². The molecule has 0 saturated carbocycles. The van der Waals surface area contributed by atoms with Crippen molar-refractivity contribution in [2.24, 2.45) is 5.92 Å². The number of nitrogens with zero attached hydrogens (tertiary/aromatic N) is 2. The van der Waals surface area contributed by atoms with Gasteiger partial charge in [0.15, 0.2) is 0 Å². The van der Waals surface area contributed by atoms with Gasteiger partial charge in [0.1, 0.15) is 11.9 Å². The molecule has 2 aromatic heterocycles. The van der Waals surface area contributed by atoms with Crippen LogP contribution in [0.1, 0.15) is 29.6 Å². The highest BCUT2D eigenvalue weighted by Gasteiger charge is 2.40. The van der Waals surface area contributed by atoms with Gasteiger partial charge in [0, 0.05) is 60.0 Å². The van der Waals surface area contributed by atoms with Gasteiger partial charge in [-0.25, -0.2) is 4.39 Å². The molecule has 0 spiro atoms. The van der Waals surface area contributed by atoms with Gasteiger partial charge in [-0.3, -0.25) is 14.5 Å². The molecule has 2 bridgehead atoms.